The molecule has 12 heteroatoms. The lowest BCUT2D eigenvalue weighted by Crippen LogP contribution is -2.19. The van der Waals surface area contributed by atoms with Crippen LogP contribution >= 0.6 is 12.2 Å². The Hall–Kier alpha value is -4.71. The summed E-state index contributed by atoms with van der Waals surface area (Å²) in [5.74, 6) is -0.675. The summed E-state index contributed by atoms with van der Waals surface area (Å²) in [4.78, 5) is 21.5. The van der Waals surface area contributed by atoms with Crippen LogP contribution in [0.15, 0.2) is 72.8 Å². The maximum absolute atomic E-state index is 13.0. The smallest absolute Gasteiger partial charge is 0.384 e. The number of nitrogens with two attached hydrogens (primary N) is 2. The number of thiocarbonyl (C=S) groups is 1. The summed E-state index contributed by atoms with van der Waals surface area (Å²) in [6, 6.07) is 18.7. The molecule has 0 saturated heterocycles. The number of halogens is 3. The van der Waals surface area contributed by atoms with E-state index in [1.54, 1.807) is 47.0 Å². The first-order valence-corrected chi connectivity index (χ1v) is 11.2. The molecule has 0 bridgehead atoms. The summed E-state index contributed by atoms with van der Waals surface area (Å²) in [6.07, 6.45) is -4.47. The molecule has 0 atom stereocenters. The van der Waals surface area contributed by atoms with Crippen LogP contribution in [0.2, 0.25) is 0 Å². The third kappa shape index (κ3) is 4.61. The number of amides is 1. The highest BCUT2D eigenvalue weighted by molar-refractivity contribution is 7.80. The zero-order valence-electron chi connectivity index (χ0n) is 18.9. The molecular weight excluding hydrogens is 503 g/mol. The Labute approximate surface area is 213 Å². The van der Waals surface area contributed by atoms with Crippen molar-refractivity contribution in [2.75, 3.05) is 16.4 Å². The number of aromatic nitrogens is 3. The van der Waals surface area contributed by atoms with Gasteiger partial charge in [-0.05, 0) is 60.7 Å². The van der Waals surface area contributed by atoms with E-state index in [1.165, 1.54) is 12.1 Å². The van der Waals surface area contributed by atoms with E-state index in [0.717, 1.165) is 12.1 Å². The number of nitrogen functional groups attached to an aromatic ring is 1. The van der Waals surface area contributed by atoms with Gasteiger partial charge in [0.2, 0.25) is 0 Å². The molecule has 0 radical (unpaired) electrons. The normalized spacial score (nSPS) is 11.5. The van der Waals surface area contributed by atoms with Gasteiger partial charge in [0.1, 0.15) is 16.9 Å². The number of nitrogens with zero attached hydrogens (tertiary/aromatic N) is 3. The summed E-state index contributed by atoms with van der Waals surface area (Å²) in [6.45, 7) is 0. The van der Waals surface area contributed by atoms with E-state index in [2.05, 4.69) is 20.6 Å². The monoisotopic (exact) mass is 521 g/mol. The summed E-state index contributed by atoms with van der Waals surface area (Å²) in [5, 5.41) is 5.76. The molecule has 2 heterocycles. The van der Waals surface area contributed by atoms with Crippen LogP contribution in [0, 0.1) is 0 Å². The minimum absolute atomic E-state index is 0.0494. The van der Waals surface area contributed by atoms with Gasteiger partial charge in [-0.2, -0.15) is 13.2 Å². The van der Waals surface area contributed by atoms with Crippen LogP contribution < -0.4 is 22.1 Å². The van der Waals surface area contributed by atoms with E-state index in [9.17, 15) is 18.0 Å². The number of fused-ring (bicyclic) bond motifs is 2. The van der Waals surface area contributed by atoms with E-state index in [0.29, 0.717) is 28.1 Å². The van der Waals surface area contributed by atoms with E-state index in [4.69, 9.17) is 23.7 Å². The van der Waals surface area contributed by atoms with Crippen LogP contribution in [0.5, 0.6) is 0 Å². The number of hydrogen-bond donors (Lipinski definition) is 4. The van der Waals surface area contributed by atoms with Crippen molar-refractivity contribution in [3.63, 3.8) is 0 Å². The molecule has 0 unspecified atom stereocenters. The fourth-order valence-electron chi connectivity index (χ4n) is 3.96. The Morgan fingerprint density at radius 2 is 1.51 bits per heavy atom. The van der Waals surface area contributed by atoms with Crippen molar-refractivity contribution in [3.8, 4) is 5.69 Å². The Bertz CT molecular complexity index is 1700. The maximum Gasteiger partial charge on any atom is 0.416 e. The summed E-state index contributed by atoms with van der Waals surface area (Å²) in [5.41, 5.74) is 14.2. The number of rotatable bonds is 4. The Morgan fingerprint density at radius 3 is 2.16 bits per heavy atom. The quantitative estimate of drug-likeness (QED) is 0.243. The van der Waals surface area contributed by atoms with Gasteiger partial charge < -0.3 is 22.1 Å². The number of para-hydroxylation sites is 2. The van der Waals surface area contributed by atoms with Crippen molar-refractivity contribution in [1.29, 1.82) is 0 Å². The summed E-state index contributed by atoms with van der Waals surface area (Å²) >= 11 is 5.29. The fourth-order valence-corrected chi connectivity index (χ4v) is 4.19. The number of carbonyl (C=O) groups is 1. The van der Waals surface area contributed by atoms with Gasteiger partial charge in [0.05, 0.1) is 22.3 Å². The molecule has 0 aliphatic carbocycles. The highest BCUT2D eigenvalue weighted by Crippen LogP contribution is 2.32. The molecule has 2 aromatic heterocycles. The highest BCUT2D eigenvalue weighted by atomic mass is 32.1. The zero-order chi connectivity index (χ0) is 26.3. The summed E-state index contributed by atoms with van der Waals surface area (Å²) < 4.78 is 40.6. The van der Waals surface area contributed by atoms with Gasteiger partial charge in [-0.25, -0.2) is 9.97 Å². The number of carbonyl (C=O) groups excluding carboxylic acids is 1. The zero-order valence-corrected chi connectivity index (χ0v) is 19.7. The molecule has 0 fully saturated rings. The van der Waals surface area contributed by atoms with Gasteiger partial charge in [-0.15, -0.1) is 0 Å². The SMILES string of the molecule is NC(=O)c1c(N)n(-c2cccc(NC(=S)Nc3cccc(C(F)(F)F)c3)c2)c2nc3ccccc3nc12. The fraction of sp³-hybridized carbons (Fsp3) is 0.0400. The first kappa shape index (κ1) is 24.0. The number of hydrogen-bond acceptors (Lipinski definition) is 5. The molecule has 0 saturated carbocycles. The van der Waals surface area contributed by atoms with Crippen molar-refractivity contribution in [3.05, 3.63) is 83.9 Å². The van der Waals surface area contributed by atoms with Crippen LogP contribution in [-0.4, -0.2) is 25.6 Å². The molecule has 0 aliphatic rings. The molecule has 5 rings (SSSR count). The number of alkyl halides is 3. The van der Waals surface area contributed by atoms with Crippen molar-refractivity contribution in [2.45, 2.75) is 6.18 Å². The Kier molecular flexibility index (Phi) is 5.88. The predicted molar refractivity (Wildman–Crippen MR) is 141 cm³/mol. The lowest BCUT2D eigenvalue weighted by molar-refractivity contribution is -0.137. The molecule has 3 aromatic carbocycles. The third-order valence-electron chi connectivity index (χ3n) is 5.55. The molecule has 186 valence electrons. The average molecular weight is 522 g/mol. The minimum Gasteiger partial charge on any atom is -0.384 e. The van der Waals surface area contributed by atoms with Crippen molar-refractivity contribution >= 4 is 62.6 Å². The molecule has 6 N–H and O–H groups in total. The maximum atomic E-state index is 13.0. The highest BCUT2D eigenvalue weighted by Gasteiger charge is 2.30. The second-order valence-electron chi connectivity index (χ2n) is 8.05. The van der Waals surface area contributed by atoms with Crippen LogP contribution in [0.25, 0.3) is 27.9 Å². The standard InChI is InChI=1S/C25H18F3N7OS/c26-25(27,28)13-5-3-6-14(11-13)31-24(37)32-15-7-4-8-16(12-15)35-21(29)19(22(30)36)20-23(35)34-18-10-2-1-9-17(18)33-20/h1-12H,29H2,(H2,30,36)(H2,31,32,37). The van der Waals surface area contributed by atoms with Crippen LogP contribution in [0.3, 0.4) is 0 Å². The first-order valence-electron chi connectivity index (χ1n) is 10.8. The van der Waals surface area contributed by atoms with Gasteiger partial charge in [-0.1, -0.05) is 24.3 Å². The third-order valence-corrected chi connectivity index (χ3v) is 5.76. The van der Waals surface area contributed by atoms with E-state index >= 15 is 0 Å². The molecule has 8 nitrogen and oxygen atoms in total. The van der Waals surface area contributed by atoms with Crippen molar-refractivity contribution in [1.82, 2.24) is 14.5 Å². The Morgan fingerprint density at radius 1 is 0.892 bits per heavy atom. The molecule has 1 amide bonds. The number of anilines is 3. The lowest BCUT2D eigenvalue weighted by Gasteiger charge is -2.14. The minimum atomic E-state index is -4.47. The van der Waals surface area contributed by atoms with Gasteiger partial charge in [0, 0.05) is 11.4 Å². The van der Waals surface area contributed by atoms with Crippen LogP contribution in [0.1, 0.15) is 15.9 Å². The van der Waals surface area contributed by atoms with Gasteiger partial charge in [0.15, 0.2) is 10.8 Å². The second kappa shape index (κ2) is 9.06. The van der Waals surface area contributed by atoms with Crippen molar-refractivity contribution in [2.24, 2.45) is 5.73 Å². The largest absolute Gasteiger partial charge is 0.416 e. The first-order chi connectivity index (χ1) is 17.6. The lowest BCUT2D eigenvalue weighted by atomic mass is 10.2. The van der Waals surface area contributed by atoms with Crippen LogP contribution in [0.4, 0.5) is 30.4 Å². The topological polar surface area (TPSA) is 124 Å². The molecule has 37 heavy (non-hydrogen) atoms. The number of nitrogens with one attached hydrogen (secondary N) is 2. The number of primary amides is 1. The summed E-state index contributed by atoms with van der Waals surface area (Å²) in [7, 11) is 0. The van der Waals surface area contributed by atoms with Gasteiger partial charge in [-0.3, -0.25) is 9.36 Å². The van der Waals surface area contributed by atoms with E-state index in [1.807, 2.05) is 6.07 Å². The van der Waals surface area contributed by atoms with E-state index in [-0.39, 0.29) is 27.7 Å². The molecule has 0 aliphatic heterocycles. The predicted octanol–water partition coefficient (Wildman–Crippen LogP) is 5.08. The average Bonchev–Trinajstić information content (AvgIpc) is 3.13. The van der Waals surface area contributed by atoms with Gasteiger partial charge in [0.25, 0.3) is 5.91 Å². The van der Waals surface area contributed by atoms with E-state index < -0.39 is 17.6 Å². The second-order valence-corrected chi connectivity index (χ2v) is 8.46. The van der Waals surface area contributed by atoms with Crippen LogP contribution in [-0.2, 0) is 6.18 Å². The van der Waals surface area contributed by atoms with Gasteiger partial charge >= 0.3 is 6.18 Å². The molecular formula is C25H18F3N7OS. The number of benzene rings is 3. The Balaban J connectivity index is 1.50. The van der Waals surface area contributed by atoms with Crippen molar-refractivity contribution < 1.29 is 18.0 Å². The molecule has 5 aromatic rings. The molecule has 0 spiro atoms.